The van der Waals surface area contributed by atoms with E-state index in [0.29, 0.717) is 18.5 Å². The molecule has 0 bridgehead atoms. The average Bonchev–Trinajstić information content (AvgIpc) is 3.27. The first-order chi connectivity index (χ1) is 16.9. The van der Waals surface area contributed by atoms with Crippen LogP contribution in [0.15, 0.2) is 23.3 Å². The van der Waals surface area contributed by atoms with E-state index in [4.69, 9.17) is 4.74 Å². The van der Waals surface area contributed by atoms with E-state index in [1.165, 1.54) is 16.9 Å². The van der Waals surface area contributed by atoms with E-state index < -0.39 is 41.2 Å². The van der Waals surface area contributed by atoms with Gasteiger partial charge in [0.15, 0.2) is 5.82 Å². The molecule has 2 atom stereocenters. The molecule has 4 heterocycles. The molecule has 0 spiro atoms. The molecule has 2 aliphatic rings. The maximum atomic E-state index is 13.3. The molecule has 2 aliphatic heterocycles. The largest absolute Gasteiger partial charge is 0.421 e. The number of alkyl halides is 6. The van der Waals surface area contributed by atoms with Crippen LogP contribution < -0.4 is 15.4 Å². The Hall–Kier alpha value is -3.43. The number of carbonyl (C=O) groups excluding carboxylic acids is 1. The predicted octanol–water partition coefficient (Wildman–Crippen LogP) is 1.54. The van der Waals surface area contributed by atoms with E-state index in [0.717, 1.165) is 0 Å². The van der Waals surface area contributed by atoms with E-state index >= 15 is 0 Å². The second-order valence-corrected chi connectivity index (χ2v) is 8.31. The van der Waals surface area contributed by atoms with Crippen molar-refractivity contribution in [2.45, 2.75) is 30.9 Å². The third kappa shape index (κ3) is 5.22. The van der Waals surface area contributed by atoms with Gasteiger partial charge in [0.25, 0.3) is 5.56 Å². The molecule has 2 aromatic rings. The number of nitrogens with one attached hydrogen (secondary N) is 1. The summed E-state index contributed by atoms with van der Waals surface area (Å²) < 4.78 is 83.2. The fraction of sp³-hybridized carbons (Fsp3) is 0.550. The molecule has 1 N–H and O–H groups in total. The molecule has 10 nitrogen and oxygen atoms in total. The van der Waals surface area contributed by atoms with Crippen molar-refractivity contribution in [2.75, 3.05) is 49.6 Å². The monoisotopic (exact) mass is 521 g/mol. The van der Waals surface area contributed by atoms with E-state index in [1.54, 1.807) is 4.90 Å². The van der Waals surface area contributed by atoms with Crippen LogP contribution in [0.5, 0.6) is 0 Å². The minimum atomic E-state index is -4.90. The Morgan fingerprint density at radius 2 is 1.69 bits per heavy atom. The Kier molecular flexibility index (Phi) is 6.81. The standard InChI is InChI=1S/C20H21F6N7O3/c1-36-12-6-14(33(10-12)15-7-13(20(24,25)26)16(34)30-29-15)17(35)31-2-4-32(5-3-31)18-27-8-11(9-28-18)19(21,22)23/h7-9,12,14H,2-6,10H2,1H3,(H,30,34)/t12-,14-/m0/s1. The van der Waals surface area contributed by atoms with Gasteiger partial charge in [-0.3, -0.25) is 9.59 Å². The maximum Gasteiger partial charge on any atom is 0.421 e. The number of H-pyrrole nitrogens is 1. The number of ether oxygens (including phenoxy) is 1. The highest BCUT2D eigenvalue weighted by atomic mass is 19.4. The van der Waals surface area contributed by atoms with E-state index in [2.05, 4.69) is 15.1 Å². The first-order valence-corrected chi connectivity index (χ1v) is 10.8. The van der Waals surface area contributed by atoms with E-state index in [1.807, 2.05) is 5.10 Å². The van der Waals surface area contributed by atoms with Gasteiger partial charge in [0, 0.05) is 64.7 Å². The molecule has 0 unspecified atom stereocenters. The van der Waals surface area contributed by atoms with Crippen LogP contribution in [0.1, 0.15) is 17.5 Å². The molecule has 36 heavy (non-hydrogen) atoms. The van der Waals surface area contributed by atoms with Crippen LogP contribution in [0.3, 0.4) is 0 Å². The average molecular weight is 521 g/mol. The van der Waals surface area contributed by atoms with Gasteiger partial charge in [0.1, 0.15) is 11.6 Å². The lowest BCUT2D eigenvalue weighted by atomic mass is 10.1. The molecular formula is C20H21F6N7O3. The summed E-state index contributed by atoms with van der Waals surface area (Å²) in [6.07, 6.45) is -8.34. The summed E-state index contributed by atoms with van der Waals surface area (Å²) in [6, 6.07) is -0.278. The van der Waals surface area contributed by atoms with Crippen molar-refractivity contribution in [3.63, 3.8) is 0 Å². The van der Waals surface area contributed by atoms with Crippen molar-refractivity contribution in [3.05, 3.63) is 39.9 Å². The van der Waals surface area contributed by atoms with Gasteiger partial charge in [-0.1, -0.05) is 0 Å². The number of amides is 1. The number of aromatic amines is 1. The number of rotatable bonds is 4. The normalized spacial score (nSPS) is 21.2. The molecule has 0 saturated carbocycles. The number of carbonyl (C=O) groups is 1. The second kappa shape index (κ2) is 9.55. The Balaban J connectivity index is 1.47. The third-order valence-corrected chi connectivity index (χ3v) is 6.11. The zero-order valence-electron chi connectivity index (χ0n) is 18.8. The molecule has 0 aromatic carbocycles. The molecule has 2 saturated heterocycles. The lowest BCUT2D eigenvalue weighted by Gasteiger charge is -2.37. The number of methoxy groups -OCH3 is 1. The summed E-state index contributed by atoms with van der Waals surface area (Å²) >= 11 is 0. The molecule has 196 valence electrons. The van der Waals surface area contributed by atoms with E-state index in [-0.39, 0.29) is 56.8 Å². The first-order valence-electron chi connectivity index (χ1n) is 10.8. The number of hydrogen-bond donors (Lipinski definition) is 1. The quantitative estimate of drug-likeness (QED) is 0.604. The van der Waals surface area contributed by atoms with Crippen molar-refractivity contribution in [1.82, 2.24) is 25.1 Å². The fourth-order valence-electron chi connectivity index (χ4n) is 4.18. The van der Waals surface area contributed by atoms with Crippen LogP contribution in [0.2, 0.25) is 0 Å². The molecule has 2 fully saturated rings. The van der Waals surface area contributed by atoms with Crippen molar-refractivity contribution in [3.8, 4) is 0 Å². The van der Waals surface area contributed by atoms with Crippen LogP contribution in [0, 0.1) is 0 Å². The smallest absolute Gasteiger partial charge is 0.380 e. The summed E-state index contributed by atoms with van der Waals surface area (Å²) in [5, 5.41) is 5.55. The third-order valence-electron chi connectivity index (χ3n) is 6.11. The maximum absolute atomic E-state index is 13.3. The van der Waals surface area contributed by atoms with Crippen LogP contribution in [-0.4, -0.2) is 83.0 Å². The lowest BCUT2D eigenvalue weighted by molar-refractivity contribution is -0.139. The predicted molar refractivity (Wildman–Crippen MR) is 112 cm³/mol. The van der Waals surface area contributed by atoms with Crippen molar-refractivity contribution in [2.24, 2.45) is 0 Å². The van der Waals surface area contributed by atoms with Gasteiger partial charge in [-0.05, 0) is 0 Å². The Labute approximate surface area is 199 Å². The molecule has 0 aliphatic carbocycles. The minimum absolute atomic E-state index is 0.0859. The SMILES string of the molecule is CO[C@H]1C[C@@H](C(=O)N2CCN(c3ncc(C(F)(F)F)cn3)CC2)N(c2cc(C(F)(F)F)c(=O)[nH]n2)C1. The van der Waals surface area contributed by atoms with Gasteiger partial charge in [-0.2, -0.15) is 31.4 Å². The summed E-state index contributed by atoms with van der Waals surface area (Å²) in [4.78, 5) is 37.0. The molecular weight excluding hydrogens is 500 g/mol. The second-order valence-electron chi connectivity index (χ2n) is 8.31. The number of nitrogens with zero attached hydrogens (tertiary/aromatic N) is 6. The summed E-state index contributed by atoms with van der Waals surface area (Å²) in [6.45, 7) is 0.956. The summed E-state index contributed by atoms with van der Waals surface area (Å²) in [5.41, 5.74) is -3.79. The Morgan fingerprint density at radius 3 is 2.25 bits per heavy atom. The summed E-state index contributed by atoms with van der Waals surface area (Å²) in [5.74, 6) is -0.491. The van der Waals surface area contributed by atoms with Gasteiger partial charge >= 0.3 is 12.4 Å². The van der Waals surface area contributed by atoms with Crippen LogP contribution in [0.4, 0.5) is 38.1 Å². The lowest BCUT2D eigenvalue weighted by Crippen LogP contribution is -2.54. The van der Waals surface area contributed by atoms with Crippen molar-refractivity contribution >= 4 is 17.7 Å². The highest BCUT2D eigenvalue weighted by molar-refractivity contribution is 5.86. The molecule has 2 aromatic heterocycles. The Bertz CT molecular complexity index is 1150. The molecule has 0 radical (unpaired) electrons. The molecule has 1 amide bonds. The fourth-order valence-corrected chi connectivity index (χ4v) is 4.18. The van der Waals surface area contributed by atoms with Crippen LogP contribution in [-0.2, 0) is 21.9 Å². The van der Waals surface area contributed by atoms with Gasteiger partial charge in [-0.15, -0.1) is 0 Å². The van der Waals surface area contributed by atoms with Gasteiger partial charge in [0.05, 0.1) is 11.7 Å². The highest BCUT2D eigenvalue weighted by Crippen LogP contribution is 2.32. The van der Waals surface area contributed by atoms with Gasteiger partial charge in [-0.25, -0.2) is 15.1 Å². The number of aromatic nitrogens is 4. The highest BCUT2D eigenvalue weighted by Gasteiger charge is 2.42. The Morgan fingerprint density at radius 1 is 1.06 bits per heavy atom. The van der Waals surface area contributed by atoms with Gasteiger partial charge < -0.3 is 19.4 Å². The van der Waals surface area contributed by atoms with Crippen LogP contribution >= 0.6 is 0 Å². The van der Waals surface area contributed by atoms with Gasteiger partial charge in [0.2, 0.25) is 11.9 Å². The minimum Gasteiger partial charge on any atom is -0.380 e. The number of hydrogen-bond acceptors (Lipinski definition) is 8. The van der Waals surface area contributed by atoms with Crippen molar-refractivity contribution < 1.29 is 35.9 Å². The van der Waals surface area contributed by atoms with E-state index in [9.17, 15) is 35.9 Å². The van der Waals surface area contributed by atoms with Crippen LogP contribution in [0.25, 0.3) is 0 Å². The molecule has 4 rings (SSSR count). The topological polar surface area (TPSA) is 108 Å². The number of piperazine rings is 1. The summed E-state index contributed by atoms with van der Waals surface area (Å²) in [7, 11) is 1.42. The zero-order chi connectivity index (χ0) is 26.3. The number of halogens is 6. The zero-order valence-corrected chi connectivity index (χ0v) is 18.8. The molecule has 16 heteroatoms. The first kappa shape index (κ1) is 25.7. The van der Waals surface area contributed by atoms with Crippen molar-refractivity contribution in [1.29, 1.82) is 0 Å². The number of anilines is 2.